The van der Waals surface area contributed by atoms with E-state index in [0.717, 1.165) is 35.8 Å². The molecule has 1 aliphatic heterocycles. The zero-order valence-corrected chi connectivity index (χ0v) is 12.6. The maximum atomic E-state index is 12.2. The normalized spacial score (nSPS) is 23.1. The highest BCUT2D eigenvalue weighted by atomic mass is 79.9. The third kappa shape index (κ3) is 2.72. The molecule has 0 radical (unpaired) electrons. The fourth-order valence-corrected chi connectivity index (χ4v) is 3.12. The van der Waals surface area contributed by atoms with E-state index in [9.17, 15) is 9.59 Å². The molecule has 1 aromatic heterocycles. The third-order valence-electron chi connectivity index (χ3n) is 3.77. The van der Waals surface area contributed by atoms with Crippen LogP contribution in [0.5, 0.6) is 0 Å². The molecule has 6 nitrogen and oxygen atoms in total. The van der Waals surface area contributed by atoms with Crippen LogP contribution in [0.1, 0.15) is 54.2 Å². The van der Waals surface area contributed by atoms with Crippen molar-refractivity contribution in [1.82, 2.24) is 20.8 Å². The van der Waals surface area contributed by atoms with Crippen LogP contribution in [0.4, 0.5) is 0 Å². The summed E-state index contributed by atoms with van der Waals surface area (Å²) in [6.07, 6.45) is 4.82. The second-order valence-corrected chi connectivity index (χ2v) is 6.18. The summed E-state index contributed by atoms with van der Waals surface area (Å²) in [6.45, 7) is 0.684. The van der Waals surface area contributed by atoms with Gasteiger partial charge in [0, 0.05) is 12.5 Å². The molecule has 108 valence electrons. The Labute approximate surface area is 125 Å². The Morgan fingerprint density at radius 3 is 2.85 bits per heavy atom. The van der Waals surface area contributed by atoms with E-state index in [0.29, 0.717) is 24.6 Å². The van der Waals surface area contributed by atoms with Gasteiger partial charge in [-0.1, -0.05) is 0 Å². The van der Waals surface area contributed by atoms with Crippen LogP contribution >= 0.6 is 15.9 Å². The van der Waals surface area contributed by atoms with E-state index in [4.69, 9.17) is 0 Å². The first kappa shape index (κ1) is 13.6. The molecule has 0 aromatic carbocycles. The lowest BCUT2D eigenvalue weighted by Crippen LogP contribution is -2.45. The van der Waals surface area contributed by atoms with Crippen molar-refractivity contribution in [2.75, 3.05) is 6.54 Å². The number of carbonyl (C=O) groups excluding carboxylic acids is 2. The summed E-state index contributed by atoms with van der Waals surface area (Å²) in [6, 6.07) is -0.460. The Hall–Kier alpha value is -1.37. The van der Waals surface area contributed by atoms with Gasteiger partial charge in [-0.25, -0.2) is 0 Å². The Bertz CT molecular complexity index is 538. The fraction of sp³-hybridized carbons (Fsp3) is 0.615. The summed E-state index contributed by atoms with van der Waals surface area (Å²) < 4.78 is 0.728. The quantitative estimate of drug-likeness (QED) is 0.778. The number of aromatic amines is 1. The number of rotatable bonds is 3. The molecule has 1 atom stereocenters. The van der Waals surface area contributed by atoms with Gasteiger partial charge in [0.2, 0.25) is 5.91 Å². The number of hydrogen-bond acceptors (Lipinski definition) is 3. The van der Waals surface area contributed by atoms with Gasteiger partial charge >= 0.3 is 0 Å². The van der Waals surface area contributed by atoms with E-state index < -0.39 is 6.04 Å². The SMILES string of the molecule is O=C(NC1CCCCNC1=O)c1n[nH]c(C2CC2)c1Br. The molecular weight excluding hydrogens is 324 g/mol. The average molecular weight is 341 g/mol. The van der Waals surface area contributed by atoms with E-state index in [-0.39, 0.29) is 11.8 Å². The number of hydrogen-bond donors (Lipinski definition) is 3. The summed E-state index contributed by atoms with van der Waals surface area (Å²) in [7, 11) is 0. The number of nitrogens with zero attached hydrogens (tertiary/aromatic N) is 1. The third-order valence-corrected chi connectivity index (χ3v) is 4.58. The van der Waals surface area contributed by atoms with Crippen molar-refractivity contribution >= 4 is 27.7 Å². The first-order valence-corrected chi connectivity index (χ1v) is 7.78. The maximum Gasteiger partial charge on any atom is 0.273 e. The van der Waals surface area contributed by atoms with Crippen molar-refractivity contribution in [3.63, 3.8) is 0 Å². The second-order valence-electron chi connectivity index (χ2n) is 5.39. The minimum absolute atomic E-state index is 0.107. The standard InChI is InChI=1S/C13H17BrN4O2/c14-9-10(7-4-5-7)17-18-11(9)13(20)16-8-3-1-2-6-15-12(8)19/h7-8H,1-6H2,(H,15,19)(H,16,20)(H,17,18). The molecule has 3 N–H and O–H groups in total. The molecule has 0 bridgehead atoms. The largest absolute Gasteiger partial charge is 0.354 e. The minimum atomic E-state index is -0.460. The molecule has 1 aliphatic carbocycles. The zero-order chi connectivity index (χ0) is 14.1. The van der Waals surface area contributed by atoms with Crippen LogP contribution < -0.4 is 10.6 Å². The van der Waals surface area contributed by atoms with Crippen molar-refractivity contribution in [2.45, 2.75) is 44.1 Å². The summed E-state index contributed by atoms with van der Waals surface area (Å²) in [5.41, 5.74) is 1.32. The van der Waals surface area contributed by atoms with Crippen LogP contribution in [-0.4, -0.2) is 34.6 Å². The van der Waals surface area contributed by atoms with Crippen LogP contribution in [0, 0.1) is 0 Å². The molecule has 1 saturated heterocycles. The second kappa shape index (κ2) is 5.55. The lowest BCUT2D eigenvalue weighted by atomic mass is 10.1. The molecule has 2 amide bonds. The van der Waals surface area contributed by atoms with Crippen molar-refractivity contribution in [2.24, 2.45) is 0 Å². The molecule has 20 heavy (non-hydrogen) atoms. The van der Waals surface area contributed by atoms with E-state index in [1.165, 1.54) is 0 Å². The molecular formula is C13H17BrN4O2. The van der Waals surface area contributed by atoms with Gasteiger partial charge in [-0.3, -0.25) is 14.7 Å². The van der Waals surface area contributed by atoms with Crippen LogP contribution in [0.25, 0.3) is 0 Å². The summed E-state index contributed by atoms with van der Waals surface area (Å²) in [5, 5.41) is 12.6. The number of halogens is 1. The number of H-pyrrole nitrogens is 1. The molecule has 1 aromatic rings. The lowest BCUT2D eigenvalue weighted by molar-refractivity contribution is -0.122. The Morgan fingerprint density at radius 2 is 2.10 bits per heavy atom. The van der Waals surface area contributed by atoms with Crippen molar-refractivity contribution in [1.29, 1.82) is 0 Å². The van der Waals surface area contributed by atoms with Gasteiger partial charge in [0.15, 0.2) is 5.69 Å². The predicted molar refractivity (Wildman–Crippen MR) is 76.4 cm³/mol. The van der Waals surface area contributed by atoms with E-state index >= 15 is 0 Å². The Kier molecular flexibility index (Phi) is 3.78. The van der Waals surface area contributed by atoms with Gasteiger partial charge in [0.1, 0.15) is 6.04 Å². The van der Waals surface area contributed by atoms with Gasteiger partial charge in [0.25, 0.3) is 5.91 Å². The summed E-state index contributed by atoms with van der Waals surface area (Å²) in [5.74, 6) is 0.0756. The van der Waals surface area contributed by atoms with E-state index in [1.807, 2.05) is 0 Å². The van der Waals surface area contributed by atoms with Crippen molar-refractivity contribution in [3.8, 4) is 0 Å². The number of aromatic nitrogens is 2. The molecule has 0 spiro atoms. The molecule has 3 rings (SSSR count). The van der Waals surface area contributed by atoms with Crippen molar-refractivity contribution in [3.05, 3.63) is 15.9 Å². The van der Waals surface area contributed by atoms with E-state index in [2.05, 4.69) is 36.8 Å². The van der Waals surface area contributed by atoms with E-state index in [1.54, 1.807) is 0 Å². The number of nitrogens with one attached hydrogen (secondary N) is 3. The lowest BCUT2D eigenvalue weighted by Gasteiger charge is -2.14. The van der Waals surface area contributed by atoms with Gasteiger partial charge in [-0.2, -0.15) is 5.10 Å². The first-order chi connectivity index (χ1) is 9.66. The Balaban J connectivity index is 1.70. The summed E-state index contributed by atoms with van der Waals surface area (Å²) >= 11 is 3.43. The number of carbonyl (C=O) groups is 2. The van der Waals surface area contributed by atoms with Crippen LogP contribution in [0.2, 0.25) is 0 Å². The summed E-state index contributed by atoms with van der Waals surface area (Å²) in [4.78, 5) is 24.1. The van der Waals surface area contributed by atoms with Gasteiger partial charge in [-0.15, -0.1) is 0 Å². The predicted octanol–water partition coefficient (Wildman–Crippen LogP) is 1.45. The fourth-order valence-electron chi connectivity index (χ4n) is 2.44. The monoisotopic (exact) mass is 340 g/mol. The highest BCUT2D eigenvalue weighted by Gasteiger charge is 2.31. The zero-order valence-electron chi connectivity index (χ0n) is 11.0. The van der Waals surface area contributed by atoms with Gasteiger partial charge in [0.05, 0.1) is 10.2 Å². The van der Waals surface area contributed by atoms with Crippen LogP contribution in [0.15, 0.2) is 4.47 Å². The van der Waals surface area contributed by atoms with Crippen molar-refractivity contribution < 1.29 is 9.59 Å². The van der Waals surface area contributed by atoms with Gasteiger partial charge < -0.3 is 10.6 Å². The van der Waals surface area contributed by atoms with Crippen LogP contribution in [-0.2, 0) is 4.79 Å². The first-order valence-electron chi connectivity index (χ1n) is 6.99. The van der Waals surface area contributed by atoms with Gasteiger partial charge in [-0.05, 0) is 48.0 Å². The maximum absolute atomic E-state index is 12.2. The number of amides is 2. The molecule has 1 unspecified atom stereocenters. The molecule has 2 fully saturated rings. The molecule has 2 heterocycles. The minimum Gasteiger partial charge on any atom is -0.354 e. The molecule has 2 aliphatic rings. The van der Waals surface area contributed by atoms with Crippen LogP contribution in [0.3, 0.4) is 0 Å². The topological polar surface area (TPSA) is 86.9 Å². The highest BCUT2D eigenvalue weighted by molar-refractivity contribution is 9.10. The highest BCUT2D eigenvalue weighted by Crippen LogP contribution is 2.42. The average Bonchev–Trinajstić information content (AvgIpc) is 3.21. The molecule has 1 saturated carbocycles. The smallest absolute Gasteiger partial charge is 0.273 e. The molecule has 7 heteroatoms. The Morgan fingerprint density at radius 1 is 1.30 bits per heavy atom.